The second-order valence-electron chi connectivity index (χ2n) is 4.29. The second-order valence-corrected chi connectivity index (χ2v) is 4.29. The summed E-state index contributed by atoms with van der Waals surface area (Å²) in [6.45, 7) is 7.97. The molecule has 2 heterocycles. The first-order chi connectivity index (χ1) is 8.16. The molecule has 0 aliphatic heterocycles. The van der Waals surface area contributed by atoms with Gasteiger partial charge in [-0.1, -0.05) is 13.8 Å². The fraction of sp³-hybridized carbons (Fsp3) is 0.545. The van der Waals surface area contributed by atoms with Crippen LogP contribution in [0, 0.1) is 6.92 Å². The topological polar surface area (TPSA) is 67.1 Å². The third-order valence-corrected chi connectivity index (χ3v) is 2.36. The van der Waals surface area contributed by atoms with Crippen LogP contribution in [0.1, 0.15) is 19.5 Å². The van der Waals surface area contributed by atoms with Crippen molar-refractivity contribution in [2.75, 3.05) is 18.4 Å². The number of hydrogen-bond acceptors (Lipinski definition) is 5. The molecule has 2 aromatic heterocycles. The second kappa shape index (κ2) is 5.09. The van der Waals surface area contributed by atoms with Crippen molar-refractivity contribution in [3.05, 3.63) is 18.1 Å². The van der Waals surface area contributed by atoms with E-state index >= 15 is 0 Å². The highest BCUT2D eigenvalue weighted by atomic mass is 15.3. The first-order valence-electron chi connectivity index (χ1n) is 5.81. The Morgan fingerprint density at radius 3 is 2.94 bits per heavy atom. The Bertz CT molecular complexity index is 490. The smallest absolute Gasteiger partial charge is 0.254 e. The van der Waals surface area contributed by atoms with Crippen molar-refractivity contribution in [2.45, 2.75) is 26.8 Å². The van der Waals surface area contributed by atoms with E-state index < -0.39 is 0 Å². The minimum absolute atomic E-state index is 0.502. The summed E-state index contributed by atoms with van der Waals surface area (Å²) in [5.41, 5.74) is 0.935. The lowest BCUT2D eigenvalue weighted by Gasteiger charge is -2.11. The van der Waals surface area contributed by atoms with Crippen LogP contribution < -0.4 is 10.6 Å². The zero-order chi connectivity index (χ0) is 12.3. The van der Waals surface area contributed by atoms with E-state index in [9.17, 15) is 0 Å². The molecule has 17 heavy (non-hydrogen) atoms. The molecule has 2 N–H and O–H groups in total. The Hall–Kier alpha value is -1.69. The summed E-state index contributed by atoms with van der Waals surface area (Å²) in [4.78, 5) is 8.37. The summed E-state index contributed by atoms with van der Waals surface area (Å²) in [5.74, 6) is 1.56. The number of fused-ring (bicyclic) bond motifs is 1. The predicted molar refractivity (Wildman–Crippen MR) is 67.1 cm³/mol. The fourth-order valence-electron chi connectivity index (χ4n) is 1.61. The van der Waals surface area contributed by atoms with Gasteiger partial charge in [-0.2, -0.15) is 14.6 Å². The van der Waals surface area contributed by atoms with E-state index in [1.807, 2.05) is 13.0 Å². The molecule has 0 unspecified atom stereocenters. The van der Waals surface area contributed by atoms with Gasteiger partial charge in [-0.15, -0.1) is 0 Å². The van der Waals surface area contributed by atoms with Gasteiger partial charge in [0.1, 0.15) is 12.1 Å². The number of nitrogens with one attached hydrogen (secondary N) is 2. The highest BCUT2D eigenvalue weighted by Crippen LogP contribution is 2.09. The van der Waals surface area contributed by atoms with Crippen LogP contribution in [-0.4, -0.2) is 38.7 Å². The largest absolute Gasteiger partial charge is 0.369 e. The molecule has 6 nitrogen and oxygen atoms in total. The Morgan fingerprint density at radius 1 is 1.35 bits per heavy atom. The Balaban J connectivity index is 2.04. The van der Waals surface area contributed by atoms with Crippen molar-refractivity contribution in [3.63, 3.8) is 0 Å². The van der Waals surface area contributed by atoms with Crippen LogP contribution in [0.15, 0.2) is 12.4 Å². The van der Waals surface area contributed by atoms with Gasteiger partial charge in [-0.05, 0) is 6.92 Å². The van der Waals surface area contributed by atoms with E-state index in [-0.39, 0.29) is 0 Å². The molecule has 0 saturated heterocycles. The van der Waals surface area contributed by atoms with Crippen molar-refractivity contribution >= 4 is 11.6 Å². The lowest BCUT2D eigenvalue weighted by molar-refractivity contribution is 0.601. The molecule has 0 radical (unpaired) electrons. The number of aromatic nitrogens is 4. The monoisotopic (exact) mass is 234 g/mol. The molecule has 0 aliphatic rings. The lowest BCUT2D eigenvalue weighted by Crippen LogP contribution is -2.28. The maximum absolute atomic E-state index is 4.29. The van der Waals surface area contributed by atoms with Crippen molar-refractivity contribution in [3.8, 4) is 0 Å². The molecule has 0 bridgehead atoms. The van der Waals surface area contributed by atoms with Gasteiger partial charge >= 0.3 is 0 Å². The molecule has 0 spiro atoms. The van der Waals surface area contributed by atoms with Gasteiger partial charge in [0, 0.05) is 30.9 Å². The summed E-state index contributed by atoms with van der Waals surface area (Å²) in [7, 11) is 0. The number of hydrogen-bond donors (Lipinski definition) is 2. The summed E-state index contributed by atoms with van der Waals surface area (Å²) in [5, 5.41) is 10.8. The standard InChI is InChI=1S/C11H18N6/c1-8(2)12-4-5-13-10-6-9(3)16-11-14-7-15-17(10)11/h6-8,12-13H,4-5H2,1-3H3. The van der Waals surface area contributed by atoms with E-state index in [0.29, 0.717) is 11.8 Å². The number of aryl methyl sites for hydroxylation is 1. The van der Waals surface area contributed by atoms with Crippen LogP contribution in [0.4, 0.5) is 5.82 Å². The van der Waals surface area contributed by atoms with E-state index in [2.05, 4.69) is 39.5 Å². The first-order valence-corrected chi connectivity index (χ1v) is 5.81. The molecule has 2 aromatic rings. The quantitative estimate of drug-likeness (QED) is 0.750. The van der Waals surface area contributed by atoms with Crippen molar-refractivity contribution < 1.29 is 0 Å². The van der Waals surface area contributed by atoms with Gasteiger partial charge in [0.15, 0.2) is 0 Å². The fourth-order valence-corrected chi connectivity index (χ4v) is 1.61. The van der Waals surface area contributed by atoms with Gasteiger partial charge < -0.3 is 10.6 Å². The number of anilines is 1. The summed E-state index contributed by atoms with van der Waals surface area (Å²) < 4.78 is 1.71. The summed E-state index contributed by atoms with van der Waals surface area (Å²) >= 11 is 0. The maximum Gasteiger partial charge on any atom is 0.254 e. The highest BCUT2D eigenvalue weighted by molar-refractivity contribution is 5.44. The van der Waals surface area contributed by atoms with Crippen molar-refractivity contribution in [2.24, 2.45) is 0 Å². The van der Waals surface area contributed by atoms with Crippen LogP contribution in [0.25, 0.3) is 5.78 Å². The number of nitrogens with zero attached hydrogens (tertiary/aromatic N) is 4. The third kappa shape index (κ3) is 2.91. The molecule has 92 valence electrons. The first kappa shape index (κ1) is 11.8. The molecule has 0 amide bonds. The molecule has 0 saturated carbocycles. The highest BCUT2D eigenvalue weighted by Gasteiger charge is 2.04. The molecule has 0 fully saturated rings. The van der Waals surface area contributed by atoms with Gasteiger partial charge in [-0.3, -0.25) is 0 Å². The van der Waals surface area contributed by atoms with Crippen LogP contribution in [-0.2, 0) is 0 Å². The van der Waals surface area contributed by atoms with Crippen LogP contribution >= 0.6 is 0 Å². The van der Waals surface area contributed by atoms with Gasteiger partial charge in [0.05, 0.1) is 0 Å². The lowest BCUT2D eigenvalue weighted by atomic mass is 10.4. The van der Waals surface area contributed by atoms with Crippen LogP contribution in [0.5, 0.6) is 0 Å². The van der Waals surface area contributed by atoms with E-state index in [0.717, 1.165) is 24.6 Å². The maximum atomic E-state index is 4.29. The van der Waals surface area contributed by atoms with Gasteiger partial charge in [0.2, 0.25) is 0 Å². The zero-order valence-electron chi connectivity index (χ0n) is 10.4. The molecule has 2 rings (SSSR count). The predicted octanol–water partition coefficient (Wildman–Crippen LogP) is 0.843. The summed E-state index contributed by atoms with van der Waals surface area (Å²) in [6.07, 6.45) is 1.51. The van der Waals surface area contributed by atoms with Crippen molar-refractivity contribution in [1.29, 1.82) is 0 Å². The molecule has 0 aliphatic carbocycles. The minimum Gasteiger partial charge on any atom is -0.369 e. The van der Waals surface area contributed by atoms with E-state index in [4.69, 9.17) is 0 Å². The Morgan fingerprint density at radius 2 is 2.18 bits per heavy atom. The van der Waals surface area contributed by atoms with E-state index in [1.165, 1.54) is 6.33 Å². The molecular formula is C11H18N6. The van der Waals surface area contributed by atoms with Crippen molar-refractivity contribution in [1.82, 2.24) is 24.9 Å². The van der Waals surface area contributed by atoms with Gasteiger partial charge in [-0.25, -0.2) is 4.98 Å². The Kier molecular flexibility index (Phi) is 3.53. The van der Waals surface area contributed by atoms with Gasteiger partial charge in [0.25, 0.3) is 5.78 Å². The zero-order valence-corrected chi connectivity index (χ0v) is 10.4. The molecular weight excluding hydrogens is 216 g/mol. The molecule has 6 heteroatoms. The SMILES string of the molecule is Cc1cc(NCCNC(C)C)n2ncnc2n1. The number of rotatable bonds is 5. The molecule has 0 aromatic carbocycles. The minimum atomic E-state index is 0.502. The average Bonchev–Trinajstić information content (AvgIpc) is 2.71. The Labute approximate surface area is 100 Å². The van der Waals surface area contributed by atoms with E-state index in [1.54, 1.807) is 4.52 Å². The normalized spacial score (nSPS) is 11.3. The summed E-state index contributed by atoms with van der Waals surface area (Å²) in [6, 6.07) is 2.47. The van der Waals surface area contributed by atoms with Crippen LogP contribution in [0.2, 0.25) is 0 Å². The third-order valence-electron chi connectivity index (χ3n) is 2.36. The molecule has 0 atom stereocenters. The average molecular weight is 234 g/mol. The van der Waals surface area contributed by atoms with Crippen LogP contribution in [0.3, 0.4) is 0 Å².